The number of nitrogens with zero attached hydrogens (tertiary/aromatic N) is 14. The fourth-order valence-electron chi connectivity index (χ4n) is 16.3. The van der Waals surface area contributed by atoms with Crippen molar-refractivity contribution in [2.75, 3.05) is 68.7 Å². The summed E-state index contributed by atoms with van der Waals surface area (Å²) in [6, 6.07) is 54.8. The minimum Gasteiger partial charge on any atom is -0.480 e. The van der Waals surface area contributed by atoms with Gasteiger partial charge in [-0.05, 0) is 104 Å². The Kier molecular flexibility index (Phi) is 36.2. The topological polar surface area (TPSA) is 316 Å². The van der Waals surface area contributed by atoms with Gasteiger partial charge in [0.2, 0.25) is 11.8 Å². The zero-order chi connectivity index (χ0) is 94.5. The zero-order valence-corrected chi connectivity index (χ0v) is 82.4. The fraction of sp³-hybridized carbons (Fsp3) is 0.324. The van der Waals surface area contributed by atoms with Crippen LogP contribution in [-0.2, 0) is 78.8 Å². The molecule has 4 aliphatic heterocycles. The summed E-state index contributed by atoms with van der Waals surface area (Å²) in [6.07, 6.45) is 28.0. The molecule has 1 atom stereocenters. The van der Waals surface area contributed by atoms with E-state index in [4.69, 9.17) is 49.7 Å². The summed E-state index contributed by atoms with van der Waals surface area (Å²) in [4.78, 5) is 119. The number of likely N-dealkylation sites (N-methyl/N-ethyl adjacent to an activating group) is 2. The monoisotopic (exact) mass is 1990 g/mol. The van der Waals surface area contributed by atoms with Crippen LogP contribution in [0.5, 0.6) is 35.7 Å². The average Bonchev–Trinajstić information content (AvgIpc) is 1.58. The predicted octanol–water partition coefficient (Wildman–Crippen LogP) is 17.2. The number of methoxy groups -OCH3 is 6. The molecule has 4 aliphatic rings. The minimum absolute atomic E-state index is 0.0385. The summed E-state index contributed by atoms with van der Waals surface area (Å²) in [5, 5.41) is 5.77. The number of unbranched alkanes of at least 4 members (excludes halogenated alkanes) is 3. The molecule has 1 saturated heterocycles. The summed E-state index contributed by atoms with van der Waals surface area (Å²) in [7, 11) is 12.0. The first-order chi connectivity index (χ1) is 64.7. The fourth-order valence-corrected chi connectivity index (χ4v) is 32.4. The van der Waals surface area contributed by atoms with Crippen molar-refractivity contribution in [2.45, 2.75) is 144 Å². The van der Waals surface area contributed by atoms with Crippen LogP contribution in [-0.4, -0.2) is 197 Å². The second kappa shape index (κ2) is 48.5. The number of aryl methyl sites for hydroxylation is 7. The normalized spacial score (nSPS) is 14.1. The quantitative estimate of drug-likeness (QED) is 0.0232. The Morgan fingerprint density at radius 3 is 1.17 bits per heavy atom. The van der Waals surface area contributed by atoms with Gasteiger partial charge in [-0.2, -0.15) is 9.97 Å². The molecule has 28 nitrogen and oxygen atoms in total. The molecular weight excluding hydrogens is 1880 g/mol. The van der Waals surface area contributed by atoms with E-state index in [1.54, 1.807) is 38.9 Å². The van der Waals surface area contributed by atoms with Gasteiger partial charge in [-0.1, -0.05) is 149 Å². The van der Waals surface area contributed by atoms with Gasteiger partial charge in [0.15, 0.2) is 0 Å². The van der Waals surface area contributed by atoms with Crippen LogP contribution in [0.1, 0.15) is 129 Å². The third kappa shape index (κ3) is 24.2. The van der Waals surface area contributed by atoms with Crippen molar-refractivity contribution < 1.29 is 61.9 Å². The van der Waals surface area contributed by atoms with E-state index in [0.29, 0.717) is 65.4 Å². The average molecular weight is 1990 g/mol. The Labute approximate surface area is 792 Å². The molecule has 0 bridgehead atoms. The first-order valence-electron chi connectivity index (χ1n) is 44.6. The number of carbonyl (C=O) groups excluding carboxylic acids is 6. The number of hydrogen-bond donors (Lipinski definition) is 1. The maximum Gasteiger partial charge on any atom is 0.319 e. The van der Waals surface area contributed by atoms with E-state index in [1.807, 2.05) is 123 Å². The standard InChI is InChI=1S/C26H23N5O4.C25H21N5O4.C20H16ClN3O2.C8H9Br.C6H7N2O2.C5H10O.3C4H9.Sn/c1-30-24(32)20(18-14-28-26(35-3)29-23(18)34-2)21(25(30)33)19-15-31(22-17(19)10-7-12-27-22)13-11-16-8-5-4-6-9-16;1-33-24-17(13-27-25(29-24)34-2)19-20(23(32)28-22(19)31)18-14-30(21-16(18)9-6-11-26-21)12-10-15-7-4-3-5-8-15;1-23-19(25)16(17(21)20(23)26)15-12-24(18-14(15)8-5-10-22-18)11-9-13-6-3-2-4-7-13;9-7-6-8-4-2-1-3-5-8;1-9-5-3-4-7-6(8-5)10-2;1-5-3-2-4-6-5;3*1-3-4-2;/h4-10,12,14-15H,11,13H2,1-3H3;3-9,11,13-14H,10,12H2,1-2H3,(H,28,31,32);2-8,10,12H,9,11H2,1H3;1-5H,6-7H2;3H,1-2H3;5H,2-4H2,1H3;3*1,3-4H2,2H3;. The maximum atomic E-state index is 13.4. The molecule has 0 spiro atoms. The van der Waals surface area contributed by atoms with Crippen LogP contribution in [0.3, 0.4) is 0 Å². The Morgan fingerprint density at radius 2 is 0.812 bits per heavy atom. The minimum atomic E-state index is -2.54. The number of pyridine rings is 3. The number of hydrogen-bond acceptors (Lipinski definition) is 22. The second-order valence-corrected chi connectivity index (χ2v) is 46.3. The Hall–Kier alpha value is -12.8. The van der Waals surface area contributed by atoms with E-state index in [2.05, 4.69) is 156 Å². The van der Waals surface area contributed by atoms with E-state index in [0.717, 1.165) is 80.5 Å². The molecule has 0 radical (unpaired) electrons. The van der Waals surface area contributed by atoms with Crippen LogP contribution >= 0.6 is 27.5 Å². The van der Waals surface area contributed by atoms with Crippen LogP contribution in [0.15, 0.2) is 218 Å². The van der Waals surface area contributed by atoms with Crippen molar-refractivity contribution in [2.24, 2.45) is 0 Å². The molecule has 6 amide bonds. The van der Waals surface area contributed by atoms with Crippen molar-refractivity contribution in [3.05, 3.63) is 268 Å². The molecule has 9 aromatic heterocycles. The number of ether oxygens (including phenoxy) is 7. The number of alkyl halides is 1. The molecule has 133 heavy (non-hydrogen) atoms. The molecule has 13 aromatic rings. The molecule has 4 aromatic carbocycles. The molecule has 1 N–H and O–H groups in total. The van der Waals surface area contributed by atoms with Crippen LogP contribution in [0.25, 0.3) is 61.0 Å². The van der Waals surface area contributed by atoms with Crippen molar-refractivity contribution in [1.29, 1.82) is 0 Å². The SMILES string of the molecule is BrCCc1ccccc1.CC1CCCO1.CCC[CH2][Sn]([CH2]CCC)([CH2]CCC)[c]1cc(OC)nc(OC)n1.CN1C(=O)C(Cl)=C(c2cn(CCc3ccccc3)c3ncccc23)C1=O.COc1ncc(C2=C(c3cn(CCc4ccccc4)c4ncccc34)C(=O)N(C)C2=O)c(OC)n1.COc1ncc(C2=C(c3cn(CCc4ccccc4)c4ncccc34)C(=O)NC2=O)c(OC)n1. The number of amides is 6. The van der Waals surface area contributed by atoms with Crippen LogP contribution < -0.4 is 37.4 Å². The zero-order valence-electron chi connectivity index (χ0n) is 77.3. The van der Waals surface area contributed by atoms with Gasteiger partial charge in [-0.25, -0.2) is 24.9 Å². The molecule has 31 heteroatoms. The summed E-state index contributed by atoms with van der Waals surface area (Å²) in [5.41, 5.74) is 10.8. The number of fused-ring (bicyclic) bond motifs is 3. The first kappa shape index (κ1) is 99.2. The third-order valence-electron chi connectivity index (χ3n) is 23.4. The molecule has 1 fully saturated rings. The van der Waals surface area contributed by atoms with E-state index in [9.17, 15) is 28.8 Å². The Bertz CT molecular complexity index is 6260. The van der Waals surface area contributed by atoms with Gasteiger partial charge in [0.25, 0.3) is 35.4 Å². The molecule has 1 unspecified atom stereocenters. The Morgan fingerprint density at radius 1 is 0.436 bits per heavy atom. The molecular formula is C102H113BrClN15O13Sn. The molecule has 0 aliphatic carbocycles. The van der Waals surface area contributed by atoms with Crippen LogP contribution in [0.4, 0.5) is 0 Å². The summed E-state index contributed by atoms with van der Waals surface area (Å²) in [6.45, 7) is 12.0. The number of benzene rings is 4. The van der Waals surface area contributed by atoms with E-state index < -0.39 is 47.9 Å². The Balaban J connectivity index is 0.000000153. The molecule has 692 valence electrons. The molecule has 0 saturated carbocycles. The largest absolute Gasteiger partial charge is 0.480 e. The van der Waals surface area contributed by atoms with Gasteiger partial charge in [0.05, 0.1) is 73.5 Å². The van der Waals surface area contributed by atoms with E-state index in [1.165, 1.54) is 146 Å². The van der Waals surface area contributed by atoms with Gasteiger partial charge in [-0.3, -0.25) is 43.9 Å². The predicted molar refractivity (Wildman–Crippen MR) is 523 cm³/mol. The van der Waals surface area contributed by atoms with Gasteiger partial charge >= 0.3 is 158 Å². The van der Waals surface area contributed by atoms with Gasteiger partial charge in [-0.15, -0.1) is 0 Å². The van der Waals surface area contributed by atoms with Crippen molar-refractivity contribution in [3.63, 3.8) is 0 Å². The van der Waals surface area contributed by atoms with Gasteiger partial charge in [0.1, 0.15) is 22.0 Å². The number of imide groups is 3. The van der Waals surface area contributed by atoms with Crippen LogP contribution in [0.2, 0.25) is 13.3 Å². The summed E-state index contributed by atoms with van der Waals surface area (Å²) >= 11 is 7.02. The summed E-state index contributed by atoms with van der Waals surface area (Å²) in [5.74, 6) is -1.82. The summed E-state index contributed by atoms with van der Waals surface area (Å²) < 4.78 is 48.3. The third-order valence-corrected chi connectivity index (χ3v) is 39.2. The maximum absolute atomic E-state index is 13.4. The van der Waals surface area contributed by atoms with E-state index in [-0.39, 0.29) is 62.6 Å². The molecule has 13 heterocycles. The van der Waals surface area contributed by atoms with Gasteiger partial charge < -0.3 is 37.4 Å². The molecule has 17 rings (SSSR count). The second-order valence-electron chi connectivity index (χ2n) is 32.0. The number of nitrogens with one attached hydrogen (secondary N) is 1. The number of rotatable bonds is 32. The number of aromatic nitrogens is 12. The number of halogens is 2. The smallest absolute Gasteiger partial charge is 0.319 e. The van der Waals surface area contributed by atoms with Gasteiger partial charge in [0, 0.05) is 128 Å². The van der Waals surface area contributed by atoms with Crippen molar-refractivity contribution in [1.82, 2.24) is 73.7 Å². The van der Waals surface area contributed by atoms with Crippen molar-refractivity contribution >= 4 is 146 Å². The van der Waals surface area contributed by atoms with E-state index >= 15 is 0 Å². The number of carbonyl (C=O) groups is 6. The van der Waals surface area contributed by atoms with Crippen LogP contribution in [0, 0.1) is 0 Å². The first-order valence-corrected chi connectivity index (χ1v) is 53.6. The van der Waals surface area contributed by atoms with Crippen molar-refractivity contribution in [3.8, 4) is 35.7 Å².